The monoisotopic (exact) mass is 128 g/mol. The Morgan fingerprint density at radius 3 is 3.00 bits per heavy atom. The van der Waals surface area contributed by atoms with Crippen LogP contribution in [0, 0.1) is 0 Å². The second-order valence-corrected chi connectivity index (χ2v) is 2.04. The quantitative estimate of drug-likeness (QED) is 0.490. The van der Waals surface area contributed by atoms with Crippen LogP contribution >= 0.6 is 0 Å². The zero-order chi connectivity index (χ0) is 6.85. The first-order valence-electron chi connectivity index (χ1n) is 2.80. The van der Waals surface area contributed by atoms with Gasteiger partial charge in [0, 0.05) is 6.42 Å². The maximum Gasteiger partial charge on any atom is 0.373 e. The van der Waals surface area contributed by atoms with Gasteiger partial charge in [0.25, 0.3) is 0 Å². The molecule has 3 heteroatoms. The molecule has 0 aromatic carbocycles. The number of hydrogen-bond acceptors (Lipinski definition) is 3. The molecule has 0 aromatic heterocycles. The third kappa shape index (κ3) is 1.22. The molecule has 1 unspecified atom stereocenters. The van der Waals surface area contributed by atoms with Crippen LogP contribution in [0.2, 0.25) is 0 Å². The van der Waals surface area contributed by atoms with Crippen molar-refractivity contribution in [3.63, 3.8) is 0 Å². The van der Waals surface area contributed by atoms with Gasteiger partial charge in [0.05, 0.1) is 0 Å². The van der Waals surface area contributed by atoms with Crippen molar-refractivity contribution >= 4 is 5.97 Å². The summed E-state index contributed by atoms with van der Waals surface area (Å²) in [6, 6.07) is 0. The van der Waals surface area contributed by atoms with Gasteiger partial charge in [-0.25, -0.2) is 4.79 Å². The minimum absolute atomic E-state index is 0.0894. The molecule has 1 rings (SSSR count). The molecule has 9 heavy (non-hydrogen) atoms. The van der Waals surface area contributed by atoms with Crippen molar-refractivity contribution in [2.75, 3.05) is 0 Å². The van der Waals surface area contributed by atoms with E-state index in [1.165, 1.54) is 6.08 Å². The first kappa shape index (κ1) is 6.13. The van der Waals surface area contributed by atoms with E-state index in [1.807, 2.05) is 0 Å². The summed E-state index contributed by atoms with van der Waals surface area (Å²) in [6.07, 6.45) is 1.99. The van der Waals surface area contributed by atoms with Gasteiger partial charge in [0.15, 0.2) is 5.76 Å². The van der Waals surface area contributed by atoms with Crippen molar-refractivity contribution in [3.05, 3.63) is 11.8 Å². The normalized spacial score (nSPS) is 27.0. The topological polar surface area (TPSA) is 46.5 Å². The standard InChI is InChI=1S/C6H8O3/c1-4-2-3-5(7)6(8)9-4/h3-4,7H,2H2,1H3. The molecule has 0 radical (unpaired) electrons. The highest BCUT2D eigenvalue weighted by molar-refractivity contribution is 5.86. The number of rotatable bonds is 0. The fraction of sp³-hybridized carbons (Fsp3) is 0.500. The van der Waals surface area contributed by atoms with E-state index in [-0.39, 0.29) is 11.9 Å². The lowest BCUT2D eigenvalue weighted by atomic mass is 10.2. The lowest BCUT2D eigenvalue weighted by Gasteiger charge is -2.14. The largest absolute Gasteiger partial charge is 0.502 e. The molecule has 0 saturated carbocycles. The van der Waals surface area contributed by atoms with Crippen LogP contribution in [-0.2, 0) is 9.53 Å². The molecule has 0 amide bonds. The predicted octanol–water partition coefficient (Wildman–Crippen LogP) is 0.764. The number of aliphatic hydroxyl groups is 1. The Balaban J connectivity index is 2.68. The Morgan fingerprint density at radius 1 is 1.89 bits per heavy atom. The van der Waals surface area contributed by atoms with Crippen LogP contribution in [0.1, 0.15) is 13.3 Å². The highest BCUT2D eigenvalue weighted by atomic mass is 16.6. The van der Waals surface area contributed by atoms with Gasteiger partial charge < -0.3 is 9.84 Å². The van der Waals surface area contributed by atoms with Crippen LogP contribution in [0.5, 0.6) is 0 Å². The van der Waals surface area contributed by atoms with E-state index < -0.39 is 5.97 Å². The van der Waals surface area contributed by atoms with E-state index in [2.05, 4.69) is 4.74 Å². The number of hydrogen-bond donors (Lipinski definition) is 1. The predicted molar refractivity (Wildman–Crippen MR) is 30.9 cm³/mol. The maximum absolute atomic E-state index is 10.5. The van der Waals surface area contributed by atoms with Gasteiger partial charge in [0.2, 0.25) is 0 Å². The van der Waals surface area contributed by atoms with Crippen LogP contribution < -0.4 is 0 Å². The van der Waals surface area contributed by atoms with Gasteiger partial charge >= 0.3 is 5.97 Å². The average Bonchev–Trinajstić information content (AvgIpc) is 1.80. The number of ether oxygens (including phenoxy) is 1. The van der Waals surface area contributed by atoms with Crippen LogP contribution in [0.3, 0.4) is 0 Å². The molecule has 3 nitrogen and oxygen atoms in total. The summed E-state index contributed by atoms with van der Waals surface area (Å²) in [6.45, 7) is 1.78. The molecule has 1 aliphatic rings. The summed E-state index contributed by atoms with van der Waals surface area (Å²) in [5.74, 6) is -0.887. The molecule has 0 aromatic rings. The van der Waals surface area contributed by atoms with E-state index in [9.17, 15) is 4.79 Å². The summed E-state index contributed by atoms with van der Waals surface area (Å²) >= 11 is 0. The molecule has 1 aliphatic heterocycles. The highest BCUT2D eigenvalue weighted by Crippen LogP contribution is 2.10. The van der Waals surface area contributed by atoms with E-state index in [4.69, 9.17) is 5.11 Å². The fourth-order valence-electron chi connectivity index (χ4n) is 0.652. The fourth-order valence-corrected chi connectivity index (χ4v) is 0.652. The Kier molecular flexibility index (Phi) is 1.42. The van der Waals surface area contributed by atoms with Crippen molar-refractivity contribution < 1.29 is 14.6 Å². The lowest BCUT2D eigenvalue weighted by molar-refractivity contribution is -0.147. The highest BCUT2D eigenvalue weighted by Gasteiger charge is 2.17. The Morgan fingerprint density at radius 2 is 2.56 bits per heavy atom. The van der Waals surface area contributed by atoms with Gasteiger partial charge in [0.1, 0.15) is 6.10 Å². The molecule has 1 heterocycles. The van der Waals surface area contributed by atoms with E-state index >= 15 is 0 Å². The van der Waals surface area contributed by atoms with Crippen LogP contribution in [0.25, 0.3) is 0 Å². The Labute approximate surface area is 52.9 Å². The van der Waals surface area contributed by atoms with Gasteiger partial charge in [-0.05, 0) is 13.0 Å². The number of carbonyl (C=O) groups is 1. The van der Waals surface area contributed by atoms with Crippen LogP contribution in [0.4, 0.5) is 0 Å². The molecular formula is C6H8O3. The SMILES string of the molecule is CC1CC=C(O)C(=O)O1. The Bertz CT molecular complexity index is 160. The summed E-state index contributed by atoms with van der Waals surface area (Å²) in [5, 5.41) is 8.68. The summed E-state index contributed by atoms with van der Waals surface area (Å²) in [4.78, 5) is 10.5. The first-order chi connectivity index (χ1) is 4.20. The molecule has 1 N–H and O–H groups in total. The minimum atomic E-state index is -0.617. The van der Waals surface area contributed by atoms with Crippen molar-refractivity contribution in [3.8, 4) is 0 Å². The van der Waals surface area contributed by atoms with Crippen LogP contribution in [-0.4, -0.2) is 17.2 Å². The van der Waals surface area contributed by atoms with E-state index in [0.29, 0.717) is 6.42 Å². The molecule has 50 valence electrons. The van der Waals surface area contributed by atoms with Gasteiger partial charge in [-0.15, -0.1) is 0 Å². The molecular weight excluding hydrogens is 120 g/mol. The maximum atomic E-state index is 10.5. The summed E-state index contributed by atoms with van der Waals surface area (Å²) in [5.41, 5.74) is 0. The van der Waals surface area contributed by atoms with Crippen molar-refractivity contribution in [1.82, 2.24) is 0 Å². The zero-order valence-electron chi connectivity index (χ0n) is 5.13. The van der Waals surface area contributed by atoms with Crippen molar-refractivity contribution in [1.29, 1.82) is 0 Å². The second-order valence-electron chi connectivity index (χ2n) is 2.04. The van der Waals surface area contributed by atoms with Crippen molar-refractivity contribution in [2.24, 2.45) is 0 Å². The second kappa shape index (κ2) is 2.09. The average molecular weight is 128 g/mol. The molecule has 0 fully saturated rings. The number of esters is 1. The smallest absolute Gasteiger partial charge is 0.373 e. The molecule has 0 aliphatic carbocycles. The van der Waals surface area contributed by atoms with Crippen LogP contribution in [0.15, 0.2) is 11.8 Å². The number of carbonyl (C=O) groups excluding carboxylic acids is 1. The van der Waals surface area contributed by atoms with E-state index in [1.54, 1.807) is 6.92 Å². The molecule has 0 saturated heterocycles. The van der Waals surface area contributed by atoms with Gasteiger partial charge in [-0.1, -0.05) is 0 Å². The summed E-state index contributed by atoms with van der Waals surface area (Å²) < 4.78 is 4.64. The molecule has 0 spiro atoms. The zero-order valence-corrected chi connectivity index (χ0v) is 5.13. The third-order valence-electron chi connectivity index (χ3n) is 1.16. The van der Waals surface area contributed by atoms with E-state index in [0.717, 1.165) is 0 Å². The van der Waals surface area contributed by atoms with Gasteiger partial charge in [-0.3, -0.25) is 0 Å². The minimum Gasteiger partial charge on any atom is -0.502 e. The van der Waals surface area contributed by atoms with Gasteiger partial charge in [-0.2, -0.15) is 0 Å². The Hall–Kier alpha value is -0.990. The summed E-state index contributed by atoms with van der Waals surface area (Å²) in [7, 11) is 0. The first-order valence-corrected chi connectivity index (χ1v) is 2.80. The number of cyclic esters (lactones) is 1. The van der Waals surface area contributed by atoms with Crippen molar-refractivity contribution in [2.45, 2.75) is 19.4 Å². The molecule has 1 atom stereocenters. The number of aliphatic hydroxyl groups excluding tert-OH is 1. The lowest BCUT2D eigenvalue weighted by Crippen LogP contribution is -2.20. The third-order valence-corrected chi connectivity index (χ3v) is 1.16. The molecule has 0 bridgehead atoms.